The van der Waals surface area contributed by atoms with Crippen LogP contribution in [0.4, 0.5) is 4.79 Å². The fourth-order valence-corrected chi connectivity index (χ4v) is 0.789. The molecule has 0 saturated heterocycles. The lowest BCUT2D eigenvalue weighted by atomic mass is 10.2. The van der Waals surface area contributed by atoms with E-state index in [-0.39, 0.29) is 13.2 Å². The SMILES string of the molecule is CC(C)(C)OC(=O)NC(CO)OCCN. The highest BCUT2D eigenvalue weighted by atomic mass is 16.6. The van der Waals surface area contributed by atoms with E-state index in [1.807, 2.05) is 0 Å². The summed E-state index contributed by atoms with van der Waals surface area (Å²) < 4.78 is 10.0. The van der Waals surface area contributed by atoms with E-state index in [4.69, 9.17) is 20.3 Å². The van der Waals surface area contributed by atoms with Crippen LogP contribution in [0, 0.1) is 0 Å². The number of amides is 1. The van der Waals surface area contributed by atoms with E-state index in [0.29, 0.717) is 6.54 Å². The quantitative estimate of drug-likeness (QED) is 0.558. The summed E-state index contributed by atoms with van der Waals surface area (Å²) in [5, 5.41) is 11.2. The lowest BCUT2D eigenvalue weighted by Crippen LogP contribution is -2.43. The van der Waals surface area contributed by atoms with Crippen molar-refractivity contribution in [2.45, 2.75) is 32.6 Å². The highest BCUT2D eigenvalue weighted by molar-refractivity contribution is 5.67. The maximum Gasteiger partial charge on any atom is 0.409 e. The van der Waals surface area contributed by atoms with E-state index >= 15 is 0 Å². The summed E-state index contributed by atoms with van der Waals surface area (Å²) in [6.07, 6.45) is -1.40. The van der Waals surface area contributed by atoms with Crippen LogP contribution in [0.5, 0.6) is 0 Å². The van der Waals surface area contributed by atoms with Crippen LogP contribution in [0.15, 0.2) is 0 Å². The Bertz CT molecular complexity index is 191. The molecule has 0 aliphatic rings. The molecular weight excluding hydrogens is 200 g/mol. The first-order valence-corrected chi connectivity index (χ1v) is 4.81. The minimum absolute atomic E-state index is 0.265. The molecule has 0 heterocycles. The number of nitrogens with two attached hydrogens (primary N) is 1. The Morgan fingerprint density at radius 1 is 1.53 bits per heavy atom. The van der Waals surface area contributed by atoms with E-state index in [1.165, 1.54) is 0 Å². The van der Waals surface area contributed by atoms with Gasteiger partial charge < -0.3 is 20.3 Å². The molecule has 6 heteroatoms. The van der Waals surface area contributed by atoms with Gasteiger partial charge in [-0.2, -0.15) is 0 Å². The second-order valence-electron chi connectivity index (χ2n) is 3.98. The first-order chi connectivity index (χ1) is 6.89. The molecule has 1 unspecified atom stereocenters. The van der Waals surface area contributed by atoms with Gasteiger partial charge in [0.1, 0.15) is 5.60 Å². The van der Waals surface area contributed by atoms with Crippen LogP contribution in [0.2, 0.25) is 0 Å². The average molecular weight is 220 g/mol. The molecule has 0 aromatic carbocycles. The molecule has 0 bridgehead atoms. The van der Waals surface area contributed by atoms with Crippen molar-refractivity contribution in [3.05, 3.63) is 0 Å². The number of nitrogens with one attached hydrogen (secondary N) is 1. The number of alkyl carbamates (subject to hydrolysis) is 1. The molecule has 0 aliphatic carbocycles. The number of hydrogen-bond donors (Lipinski definition) is 3. The van der Waals surface area contributed by atoms with E-state index in [1.54, 1.807) is 20.8 Å². The Morgan fingerprint density at radius 2 is 2.13 bits per heavy atom. The van der Waals surface area contributed by atoms with Gasteiger partial charge in [-0.25, -0.2) is 4.79 Å². The van der Waals surface area contributed by atoms with E-state index in [0.717, 1.165) is 0 Å². The van der Waals surface area contributed by atoms with Gasteiger partial charge in [0, 0.05) is 6.54 Å². The molecule has 0 aliphatic heterocycles. The van der Waals surface area contributed by atoms with Crippen molar-refractivity contribution in [2.24, 2.45) is 5.73 Å². The van der Waals surface area contributed by atoms with Gasteiger partial charge in [-0.1, -0.05) is 0 Å². The summed E-state index contributed by atoms with van der Waals surface area (Å²) in [5.74, 6) is 0. The van der Waals surface area contributed by atoms with Gasteiger partial charge in [-0.05, 0) is 20.8 Å². The van der Waals surface area contributed by atoms with Gasteiger partial charge >= 0.3 is 6.09 Å². The zero-order chi connectivity index (χ0) is 11.9. The molecule has 1 atom stereocenters. The fourth-order valence-electron chi connectivity index (χ4n) is 0.789. The second-order valence-corrected chi connectivity index (χ2v) is 3.98. The molecule has 1 amide bonds. The Hall–Kier alpha value is -0.850. The van der Waals surface area contributed by atoms with Gasteiger partial charge in [0.2, 0.25) is 0 Å². The normalized spacial score (nSPS) is 13.4. The number of carbonyl (C=O) groups excluding carboxylic acids is 1. The molecule has 15 heavy (non-hydrogen) atoms. The van der Waals surface area contributed by atoms with Crippen LogP contribution in [0.25, 0.3) is 0 Å². The third-order valence-electron chi connectivity index (χ3n) is 1.28. The van der Waals surface area contributed by atoms with E-state index < -0.39 is 17.9 Å². The fraction of sp³-hybridized carbons (Fsp3) is 0.889. The van der Waals surface area contributed by atoms with Crippen LogP contribution in [0.1, 0.15) is 20.8 Å². The maximum atomic E-state index is 11.2. The van der Waals surface area contributed by atoms with Crippen LogP contribution in [0.3, 0.4) is 0 Å². The van der Waals surface area contributed by atoms with Gasteiger partial charge in [-0.15, -0.1) is 0 Å². The minimum atomic E-state index is -0.775. The molecule has 0 aromatic rings. The first kappa shape index (κ1) is 14.2. The minimum Gasteiger partial charge on any atom is -0.444 e. The Balaban J connectivity index is 3.91. The van der Waals surface area contributed by atoms with Crippen molar-refractivity contribution >= 4 is 6.09 Å². The summed E-state index contributed by atoms with van der Waals surface area (Å²) in [6.45, 7) is 5.52. The molecule has 0 radical (unpaired) electrons. The maximum absolute atomic E-state index is 11.2. The highest BCUT2D eigenvalue weighted by Crippen LogP contribution is 2.06. The summed E-state index contributed by atoms with van der Waals surface area (Å²) in [6, 6.07) is 0. The molecule has 0 rings (SSSR count). The van der Waals surface area contributed by atoms with Gasteiger partial charge in [-0.3, -0.25) is 5.32 Å². The van der Waals surface area contributed by atoms with Crippen LogP contribution in [-0.4, -0.2) is 42.8 Å². The van der Waals surface area contributed by atoms with Gasteiger partial charge in [0.25, 0.3) is 0 Å². The number of rotatable bonds is 5. The van der Waals surface area contributed by atoms with E-state index in [2.05, 4.69) is 5.32 Å². The number of hydrogen-bond acceptors (Lipinski definition) is 5. The predicted octanol–water partition coefficient (Wildman–Crippen LogP) is -0.195. The largest absolute Gasteiger partial charge is 0.444 e. The van der Waals surface area contributed by atoms with E-state index in [9.17, 15) is 4.79 Å². The van der Waals surface area contributed by atoms with Crippen LogP contribution in [-0.2, 0) is 9.47 Å². The van der Waals surface area contributed by atoms with Crippen molar-refractivity contribution in [3.63, 3.8) is 0 Å². The smallest absolute Gasteiger partial charge is 0.409 e. The molecule has 0 aromatic heterocycles. The summed E-state index contributed by atoms with van der Waals surface area (Å²) in [7, 11) is 0. The summed E-state index contributed by atoms with van der Waals surface area (Å²) in [5.41, 5.74) is 4.64. The summed E-state index contributed by atoms with van der Waals surface area (Å²) >= 11 is 0. The molecule has 90 valence electrons. The number of aliphatic hydroxyl groups excluding tert-OH is 1. The van der Waals surface area contributed by atoms with Crippen molar-refractivity contribution in [2.75, 3.05) is 19.8 Å². The molecular formula is C9H20N2O4. The third kappa shape index (κ3) is 8.17. The van der Waals surface area contributed by atoms with Crippen molar-refractivity contribution in [1.29, 1.82) is 0 Å². The molecule has 0 saturated carbocycles. The molecule has 0 spiro atoms. The molecule has 6 nitrogen and oxygen atoms in total. The number of ether oxygens (including phenoxy) is 2. The van der Waals surface area contributed by atoms with Crippen molar-refractivity contribution < 1.29 is 19.4 Å². The summed E-state index contributed by atoms with van der Waals surface area (Å²) in [4.78, 5) is 11.2. The highest BCUT2D eigenvalue weighted by Gasteiger charge is 2.19. The third-order valence-corrected chi connectivity index (χ3v) is 1.28. The first-order valence-electron chi connectivity index (χ1n) is 4.81. The lowest BCUT2D eigenvalue weighted by molar-refractivity contribution is -0.0162. The monoisotopic (exact) mass is 220 g/mol. The zero-order valence-corrected chi connectivity index (χ0v) is 9.45. The van der Waals surface area contributed by atoms with Crippen LogP contribution >= 0.6 is 0 Å². The van der Waals surface area contributed by atoms with Gasteiger partial charge in [0.15, 0.2) is 6.23 Å². The van der Waals surface area contributed by atoms with Gasteiger partial charge in [0.05, 0.1) is 13.2 Å². The molecule has 0 fully saturated rings. The van der Waals surface area contributed by atoms with Crippen LogP contribution < -0.4 is 11.1 Å². The zero-order valence-electron chi connectivity index (χ0n) is 9.45. The predicted molar refractivity (Wildman–Crippen MR) is 55.2 cm³/mol. The molecule has 4 N–H and O–H groups in total. The average Bonchev–Trinajstić information content (AvgIpc) is 2.09. The lowest BCUT2D eigenvalue weighted by Gasteiger charge is -2.22. The van der Waals surface area contributed by atoms with Crippen molar-refractivity contribution in [1.82, 2.24) is 5.32 Å². The number of carbonyl (C=O) groups is 1. The topological polar surface area (TPSA) is 93.8 Å². The second kappa shape index (κ2) is 6.60. The Kier molecular flexibility index (Phi) is 6.23. The standard InChI is InChI=1S/C9H20N2O4/c1-9(2,3)15-8(13)11-7(6-12)14-5-4-10/h7,12H,4-6,10H2,1-3H3,(H,11,13). The Labute approximate surface area is 89.7 Å². The van der Waals surface area contributed by atoms with Crippen molar-refractivity contribution in [3.8, 4) is 0 Å². The number of aliphatic hydroxyl groups is 1. The Morgan fingerprint density at radius 3 is 2.53 bits per heavy atom.